The molecule has 4 heteroatoms. The third-order valence-corrected chi connectivity index (χ3v) is 6.65. The minimum absolute atomic E-state index is 0.0627. The van der Waals surface area contributed by atoms with Gasteiger partial charge in [0, 0.05) is 0 Å². The number of carbonyl (C=O) groups is 2. The lowest BCUT2D eigenvalue weighted by Crippen LogP contribution is -2.57. The van der Waals surface area contributed by atoms with Crippen molar-refractivity contribution in [3.8, 4) is 0 Å². The van der Waals surface area contributed by atoms with Gasteiger partial charge in [-0.25, -0.2) is 0 Å². The Bertz CT molecular complexity index is 507. The molecule has 0 aromatic rings. The Balaban J connectivity index is 1.94. The summed E-state index contributed by atoms with van der Waals surface area (Å²) in [5.41, 5.74) is -2.12. The third kappa shape index (κ3) is 0.482. The molecule has 6 aliphatic rings. The normalized spacial score (nSPS) is 63.3. The highest BCUT2D eigenvalue weighted by Gasteiger charge is 2.93. The zero-order chi connectivity index (χ0) is 12.4. The van der Waals surface area contributed by atoms with E-state index in [4.69, 9.17) is 0 Å². The van der Waals surface area contributed by atoms with Crippen molar-refractivity contribution in [1.29, 1.82) is 0 Å². The van der Waals surface area contributed by atoms with E-state index in [1.807, 2.05) is 24.3 Å². The van der Waals surface area contributed by atoms with Crippen LogP contribution < -0.4 is 0 Å². The van der Waals surface area contributed by atoms with Gasteiger partial charge in [0.2, 0.25) is 0 Å². The van der Waals surface area contributed by atoms with E-state index in [2.05, 4.69) is 0 Å². The van der Waals surface area contributed by atoms with Gasteiger partial charge in [0.25, 0.3) is 0 Å². The summed E-state index contributed by atoms with van der Waals surface area (Å²) in [5, 5.41) is 19.6. The van der Waals surface area contributed by atoms with Crippen LogP contribution in [-0.4, -0.2) is 22.2 Å². The topological polar surface area (TPSA) is 74.6 Å². The minimum atomic E-state index is -1.06. The highest BCUT2D eigenvalue weighted by molar-refractivity contribution is 5.94. The van der Waals surface area contributed by atoms with Crippen LogP contribution in [0.4, 0.5) is 0 Å². The third-order valence-electron chi connectivity index (χ3n) is 6.65. The molecule has 6 atom stereocenters. The summed E-state index contributed by atoms with van der Waals surface area (Å²) in [7, 11) is 0. The van der Waals surface area contributed by atoms with Crippen molar-refractivity contribution < 1.29 is 19.8 Å². The molecule has 0 amide bonds. The molecule has 0 heterocycles. The lowest BCUT2D eigenvalue weighted by molar-refractivity contribution is -0.178. The van der Waals surface area contributed by atoms with Gasteiger partial charge in [0.15, 0.2) is 0 Å². The average Bonchev–Trinajstić information content (AvgIpc) is 3.07. The highest BCUT2D eigenvalue weighted by atomic mass is 16.4. The fourth-order valence-corrected chi connectivity index (χ4v) is 6.69. The van der Waals surface area contributed by atoms with Gasteiger partial charge in [0.1, 0.15) is 0 Å². The van der Waals surface area contributed by atoms with Crippen LogP contribution in [0.15, 0.2) is 24.3 Å². The van der Waals surface area contributed by atoms with Crippen LogP contribution in [0, 0.1) is 46.3 Å². The average molecular weight is 244 g/mol. The summed E-state index contributed by atoms with van der Waals surface area (Å²) in [5.74, 6) is -1.54. The van der Waals surface area contributed by atoms with Gasteiger partial charge in [-0.1, -0.05) is 24.3 Å². The minimum Gasteiger partial charge on any atom is -0.481 e. The molecule has 0 saturated heterocycles. The molecule has 0 aromatic heterocycles. The SMILES string of the molecule is O=C(O)C12[C@@H]3C=C[C@@H]4C3C3[C@@H]1C=C[C@@H]3C42C(=O)O. The van der Waals surface area contributed by atoms with E-state index in [-0.39, 0.29) is 35.5 Å². The van der Waals surface area contributed by atoms with E-state index in [0.29, 0.717) is 0 Å². The molecule has 0 aliphatic heterocycles. The molecule has 0 spiro atoms. The predicted octanol–water partition coefficient (Wildman–Crippen LogP) is 1.01. The Morgan fingerprint density at radius 3 is 1.22 bits per heavy atom. The molecule has 6 aliphatic carbocycles. The van der Waals surface area contributed by atoms with Crippen molar-refractivity contribution in [2.45, 2.75) is 0 Å². The first kappa shape index (κ1) is 9.36. The van der Waals surface area contributed by atoms with Crippen molar-refractivity contribution in [2.24, 2.45) is 46.3 Å². The molecule has 0 radical (unpaired) electrons. The molecule has 4 nitrogen and oxygen atoms in total. The standard InChI is InChI=1S/C14H12O4/c15-11(16)13-5-1-2-6-9(5)10-7(13)3-4-8(10)14(6,13)12(17)18/h1-10H,(H,15,16)(H,17,18)/t5-,6-,7+,8+,9?,10?,13?,14?. The molecule has 18 heavy (non-hydrogen) atoms. The van der Waals surface area contributed by atoms with E-state index in [0.717, 1.165) is 0 Å². The Morgan fingerprint density at radius 2 is 1.00 bits per heavy atom. The first-order chi connectivity index (χ1) is 8.59. The zero-order valence-corrected chi connectivity index (χ0v) is 9.48. The Hall–Kier alpha value is -1.58. The summed E-state index contributed by atoms with van der Waals surface area (Å²) >= 11 is 0. The Morgan fingerprint density at radius 1 is 0.722 bits per heavy atom. The number of carboxylic acid groups (broad SMARTS) is 2. The van der Waals surface area contributed by atoms with E-state index in [9.17, 15) is 19.8 Å². The van der Waals surface area contributed by atoms with Gasteiger partial charge in [0.05, 0.1) is 10.8 Å². The Kier molecular flexibility index (Phi) is 1.13. The smallest absolute Gasteiger partial charge is 0.312 e. The van der Waals surface area contributed by atoms with E-state index in [1.165, 1.54) is 0 Å². The number of allylic oxidation sites excluding steroid dienone is 4. The van der Waals surface area contributed by atoms with Crippen LogP contribution in [0.25, 0.3) is 0 Å². The second kappa shape index (κ2) is 2.17. The van der Waals surface area contributed by atoms with E-state index in [1.54, 1.807) is 0 Å². The fraction of sp³-hybridized carbons (Fsp3) is 0.571. The van der Waals surface area contributed by atoms with Gasteiger partial charge in [-0.05, 0) is 35.5 Å². The summed E-state index contributed by atoms with van der Waals surface area (Å²) in [6.07, 6.45) is 7.92. The van der Waals surface area contributed by atoms with Crippen LogP contribution in [0.2, 0.25) is 0 Å². The van der Waals surface area contributed by atoms with Crippen molar-refractivity contribution in [3.63, 3.8) is 0 Å². The molecule has 8 bridgehead atoms. The van der Waals surface area contributed by atoms with Crippen LogP contribution in [0.3, 0.4) is 0 Å². The second-order valence-corrected chi connectivity index (χ2v) is 6.38. The highest BCUT2D eigenvalue weighted by Crippen LogP contribution is 2.89. The van der Waals surface area contributed by atoms with Gasteiger partial charge < -0.3 is 10.2 Å². The van der Waals surface area contributed by atoms with Crippen molar-refractivity contribution in [1.82, 2.24) is 0 Å². The number of rotatable bonds is 2. The lowest BCUT2D eigenvalue weighted by atomic mass is 9.53. The maximum Gasteiger partial charge on any atom is 0.312 e. The van der Waals surface area contributed by atoms with Crippen LogP contribution in [0.5, 0.6) is 0 Å². The first-order valence-electron chi connectivity index (χ1n) is 6.43. The maximum absolute atomic E-state index is 12.0. The number of carboxylic acids is 2. The molecule has 6 rings (SSSR count). The summed E-state index contributed by atoms with van der Waals surface area (Å²) in [6, 6.07) is 0. The number of hydrogen-bond donors (Lipinski definition) is 2. The fourth-order valence-electron chi connectivity index (χ4n) is 6.69. The largest absolute Gasteiger partial charge is 0.481 e. The summed E-state index contributed by atoms with van der Waals surface area (Å²) < 4.78 is 0. The van der Waals surface area contributed by atoms with Gasteiger partial charge >= 0.3 is 11.9 Å². The van der Waals surface area contributed by atoms with Crippen LogP contribution in [-0.2, 0) is 9.59 Å². The molecular formula is C14H12O4. The Labute approximate surface area is 103 Å². The van der Waals surface area contributed by atoms with E-state index >= 15 is 0 Å². The second-order valence-electron chi connectivity index (χ2n) is 6.38. The van der Waals surface area contributed by atoms with Crippen molar-refractivity contribution >= 4 is 11.9 Å². The molecule has 2 N–H and O–H groups in total. The predicted molar refractivity (Wildman–Crippen MR) is 59.4 cm³/mol. The summed E-state index contributed by atoms with van der Waals surface area (Å²) in [6.45, 7) is 0. The molecule has 4 saturated carbocycles. The van der Waals surface area contributed by atoms with Crippen LogP contribution >= 0.6 is 0 Å². The number of aliphatic carboxylic acids is 2. The van der Waals surface area contributed by atoms with Crippen molar-refractivity contribution in [2.75, 3.05) is 0 Å². The van der Waals surface area contributed by atoms with Crippen LogP contribution in [0.1, 0.15) is 0 Å². The van der Waals surface area contributed by atoms with E-state index < -0.39 is 22.8 Å². The summed E-state index contributed by atoms with van der Waals surface area (Å²) in [4.78, 5) is 24.0. The van der Waals surface area contributed by atoms with Gasteiger partial charge in [-0.2, -0.15) is 0 Å². The molecule has 92 valence electrons. The molecule has 0 aromatic carbocycles. The lowest BCUT2D eigenvalue weighted by Gasteiger charge is -2.46. The first-order valence-corrected chi connectivity index (χ1v) is 6.43. The molecule has 4 fully saturated rings. The maximum atomic E-state index is 12.0. The number of hydrogen-bond acceptors (Lipinski definition) is 2. The quantitative estimate of drug-likeness (QED) is 0.711. The zero-order valence-electron chi connectivity index (χ0n) is 9.48. The van der Waals surface area contributed by atoms with Gasteiger partial charge in [-0.3, -0.25) is 9.59 Å². The molecular weight excluding hydrogens is 232 g/mol. The molecule has 2 unspecified atom stereocenters. The monoisotopic (exact) mass is 244 g/mol. The van der Waals surface area contributed by atoms with Crippen molar-refractivity contribution in [3.05, 3.63) is 24.3 Å². The van der Waals surface area contributed by atoms with Gasteiger partial charge in [-0.15, -0.1) is 0 Å².